The van der Waals surface area contributed by atoms with Gasteiger partial charge in [0.2, 0.25) is 5.91 Å². The molecule has 6 nitrogen and oxygen atoms in total. The molecule has 0 aliphatic carbocycles. The fourth-order valence-electron chi connectivity index (χ4n) is 4.51. The second-order valence-electron chi connectivity index (χ2n) is 8.86. The number of nitrogens with zero attached hydrogens (tertiary/aromatic N) is 4. The molecule has 2 heterocycles. The third-order valence-electron chi connectivity index (χ3n) is 6.42. The maximum absolute atomic E-state index is 13.6. The van der Waals surface area contributed by atoms with Crippen LogP contribution in [0.2, 0.25) is 0 Å². The van der Waals surface area contributed by atoms with Gasteiger partial charge in [-0.25, -0.2) is 4.39 Å². The zero-order valence-electron chi connectivity index (χ0n) is 20.0. The Labute approximate surface area is 205 Å². The molecule has 0 radical (unpaired) electrons. The van der Waals surface area contributed by atoms with Crippen LogP contribution in [-0.2, 0) is 4.79 Å². The Balaban J connectivity index is 1.51. The summed E-state index contributed by atoms with van der Waals surface area (Å²) < 4.78 is 15.6. The normalized spacial score (nSPS) is 16.2. The number of nitrogens with one attached hydrogen (secondary N) is 1. The molecule has 180 valence electrons. The summed E-state index contributed by atoms with van der Waals surface area (Å²) in [6.07, 6.45) is 3.61. The van der Waals surface area contributed by atoms with Crippen molar-refractivity contribution in [2.45, 2.75) is 57.3 Å². The van der Waals surface area contributed by atoms with E-state index in [9.17, 15) is 9.18 Å². The van der Waals surface area contributed by atoms with Crippen LogP contribution in [0.1, 0.15) is 62.1 Å². The first kappa shape index (κ1) is 24.4. The summed E-state index contributed by atoms with van der Waals surface area (Å²) in [4.78, 5) is 15.2. The summed E-state index contributed by atoms with van der Waals surface area (Å²) in [6, 6.07) is 14.4. The van der Waals surface area contributed by atoms with E-state index in [1.807, 2.05) is 42.7 Å². The maximum Gasteiger partial charge on any atom is 0.230 e. The van der Waals surface area contributed by atoms with Crippen molar-refractivity contribution in [2.75, 3.05) is 18.8 Å². The summed E-state index contributed by atoms with van der Waals surface area (Å²) in [5.41, 5.74) is 3.05. The average molecular weight is 482 g/mol. The van der Waals surface area contributed by atoms with Gasteiger partial charge in [0.15, 0.2) is 11.0 Å². The fourth-order valence-corrected chi connectivity index (χ4v) is 5.28. The van der Waals surface area contributed by atoms with E-state index >= 15 is 0 Å². The predicted molar refractivity (Wildman–Crippen MR) is 134 cm³/mol. The molecule has 2 atom stereocenters. The van der Waals surface area contributed by atoms with Crippen LogP contribution in [0.25, 0.3) is 5.69 Å². The van der Waals surface area contributed by atoms with Crippen LogP contribution >= 0.6 is 11.8 Å². The van der Waals surface area contributed by atoms with Gasteiger partial charge in [-0.1, -0.05) is 42.4 Å². The van der Waals surface area contributed by atoms with Crippen molar-refractivity contribution < 1.29 is 9.18 Å². The highest BCUT2D eigenvalue weighted by atomic mass is 32.2. The molecule has 1 aromatic heterocycles. The second kappa shape index (κ2) is 11.1. The van der Waals surface area contributed by atoms with Crippen molar-refractivity contribution in [1.29, 1.82) is 0 Å². The maximum atomic E-state index is 13.6. The fraction of sp³-hybridized carbons (Fsp3) is 0.423. The van der Waals surface area contributed by atoms with Crippen molar-refractivity contribution in [2.24, 2.45) is 0 Å². The Hall–Kier alpha value is -2.71. The molecule has 1 fully saturated rings. The van der Waals surface area contributed by atoms with Crippen LogP contribution in [0.3, 0.4) is 0 Å². The van der Waals surface area contributed by atoms with Crippen molar-refractivity contribution in [3.8, 4) is 5.69 Å². The Bertz CT molecular complexity index is 1110. The van der Waals surface area contributed by atoms with E-state index in [1.165, 1.54) is 43.2 Å². The summed E-state index contributed by atoms with van der Waals surface area (Å²) >= 11 is 1.35. The zero-order valence-corrected chi connectivity index (χ0v) is 20.8. The van der Waals surface area contributed by atoms with E-state index in [0.29, 0.717) is 5.16 Å². The van der Waals surface area contributed by atoms with Crippen LogP contribution in [0, 0.1) is 12.7 Å². The number of carbonyl (C=O) groups excluding carboxylic acids is 1. The predicted octanol–water partition coefficient (Wildman–Crippen LogP) is 5.23. The Kier molecular flexibility index (Phi) is 8.00. The van der Waals surface area contributed by atoms with E-state index in [0.717, 1.165) is 35.7 Å². The molecular weight excluding hydrogens is 449 g/mol. The van der Waals surface area contributed by atoms with Gasteiger partial charge in [0, 0.05) is 5.69 Å². The highest BCUT2D eigenvalue weighted by molar-refractivity contribution is 7.99. The van der Waals surface area contributed by atoms with Gasteiger partial charge in [-0.15, -0.1) is 10.2 Å². The molecule has 1 N–H and O–H groups in total. The molecule has 1 aliphatic heterocycles. The molecule has 1 amide bonds. The molecule has 8 heteroatoms. The number of amides is 1. The second-order valence-corrected chi connectivity index (χ2v) is 9.80. The molecule has 0 spiro atoms. The third kappa shape index (κ3) is 5.67. The number of aryl methyl sites for hydroxylation is 1. The molecular formula is C26H32FN5OS. The van der Waals surface area contributed by atoms with Gasteiger partial charge in [0.1, 0.15) is 5.82 Å². The lowest BCUT2D eigenvalue weighted by Crippen LogP contribution is -2.33. The minimum Gasteiger partial charge on any atom is -0.349 e. The quantitative estimate of drug-likeness (QED) is 0.446. The topological polar surface area (TPSA) is 63.1 Å². The smallest absolute Gasteiger partial charge is 0.230 e. The average Bonchev–Trinajstić information content (AvgIpc) is 3.27. The molecule has 0 bridgehead atoms. The summed E-state index contributed by atoms with van der Waals surface area (Å²) in [5.74, 6) is 0.666. The van der Waals surface area contributed by atoms with E-state index in [-0.39, 0.29) is 29.6 Å². The summed E-state index contributed by atoms with van der Waals surface area (Å²) in [5, 5.41) is 12.7. The van der Waals surface area contributed by atoms with Gasteiger partial charge in [0.05, 0.1) is 17.8 Å². The Morgan fingerprint density at radius 2 is 1.76 bits per heavy atom. The number of piperidine rings is 1. The van der Waals surface area contributed by atoms with E-state index in [1.54, 1.807) is 12.1 Å². The van der Waals surface area contributed by atoms with Gasteiger partial charge in [0.25, 0.3) is 0 Å². The summed E-state index contributed by atoms with van der Waals surface area (Å²) in [7, 11) is 0. The minimum absolute atomic E-state index is 0.0694. The van der Waals surface area contributed by atoms with Gasteiger partial charge in [-0.3, -0.25) is 14.3 Å². The van der Waals surface area contributed by atoms with Crippen LogP contribution in [0.5, 0.6) is 0 Å². The first-order valence-corrected chi connectivity index (χ1v) is 12.9. The number of thioether (sulfide) groups is 1. The van der Waals surface area contributed by atoms with Crippen molar-refractivity contribution in [1.82, 2.24) is 25.0 Å². The van der Waals surface area contributed by atoms with Gasteiger partial charge in [-0.05, 0) is 82.1 Å². The molecule has 2 aromatic carbocycles. The van der Waals surface area contributed by atoms with Crippen molar-refractivity contribution >= 4 is 17.7 Å². The lowest BCUT2D eigenvalue weighted by molar-refractivity contribution is -0.119. The molecule has 3 aromatic rings. The van der Waals surface area contributed by atoms with Gasteiger partial charge < -0.3 is 5.32 Å². The zero-order chi connectivity index (χ0) is 24.1. The summed E-state index contributed by atoms with van der Waals surface area (Å²) in [6.45, 7) is 8.23. The Morgan fingerprint density at radius 3 is 2.47 bits per heavy atom. The highest BCUT2D eigenvalue weighted by Crippen LogP contribution is 2.29. The standard InChI is InChI=1S/C26H32FN5OS/c1-18-9-5-6-10-23(18)19(2)28-24(33)17-34-26-30-29-25(20(3)31-15-7-4-8-16-31)32(26)22-13-11-21(27)12-14-22/h5-6,9-14,19-20H,4,7-8,15-17H2,1-3H3,(H,28,33)/t19-,20-/m1/s1. The number of hydrogen-bond donors (Lipinski definition) is 1. The van der Waals surface area contributed by atoms with Gasteiger partial charge >= 0.3 is 0 Å². The largest absolute Gasteiger partial charge is 0.349 e. The molecule has 0 unspecified atom stereocenters. The van der Waals surface area contributed by atoms with Crippen LogP contribution in [-0.4, -0.2) is 44.4 Å². The Morgan fingerprint density at radius 1 is 1.06 bits per heavy atom. The van der Waals surface area contributed by atoms with E-state index in [2.05, 4.69) is 27.3 Å². The number of rotatable bonds is 8. The van der Waals surface area contributed by atoms with Crippen molar-refractivity contribution in [3.05, 3.63) is 71.3 Å². The number of carbonyl (C=O) groups is 1. The van der Waals surface area contributed by atoms with Gasteiger partial charge in [-0.2, -0.15) is 0 Å². The molecule has 1 aliphatic rings. The van der Waals surface area contributed by atoms with Crippen LogP contribution in [0.15, 0.2) is 53.7 Å². The number of likely N-dealkylation sites (tertiary alicyclic amines) is 1. The molecule has 0 saturated carbocycles. The van der Waals surface area contributed by atoms with Crippen LogP contribution in [0.4, 0.5) is 4.39 Å². The first-order valence-electron chi connectivity index (χ1n) is 11.9. The molecule has 4 rings (SSSR count). The van der Waals surface area contributed by atoms with E-state index in [4.69, 9.17) is 0 Å². The lowest BCUT2D eigenvalue weighted by Gasteiger charge is -2.31. The number of aromatic nitrogens is 3. The lowest BCUT2D eigenvalue weighted by atomic mass is 10.0. The number of benzene rings is 2. The number of halogens is 1. The molecule has 34 heavy (non-hydrogen) atoms. The highest BCUT2D eigenvalue weighted by Gasteiger charge is 2.26. The van der Waals surface area contributed by atoms with Crippen LogP contribution < -0.4 is 5.32 Å². The monoisotopic (exact) mass is 481 g/mol. The first-order chi connectivity index (χ1) is 16.4. The van der Waals surface area contributed by atoms with E-state index < -0.39 is 0 Å². The minimum atomic E-state index is -0.291. The SMILES string of the molecule is Cc1ccccc1[C@@H](C)NC(=O)CSc1nnc([C@@H](C)N2CCCCC2)n1-c1ccc(F)cc1. The van der Waals surface area contributed by atoms with Crippen molar-refractivity contribution in [3.63, 3.8) is 0 Å². The third-order valence-corrected chi connectivity index (χ3v) is 7.35. The molecule has 1 saturated heterocycles. The number of hydrogen-bond acceptors (Lipinski definition) is 5.